The molecule has 0 aliphatic heterocycles. The lowest BCUT2D eigenvalue weighted by molar-refractivity contribution is -0.178. The van der Waals surface area contributed by atoms with Crippen molar-refractivity contribution in [1.82, 2.24) is 4.90 Å². The van der Waals surface area contributed by atoms with Crippen molar-refractivity contribution in [2.24, 2.45) is 33.5 Å². The second-order valence-electron chi connectivity index (χ2n) is 18.5. The van der Waals surface area contributed by atoms with Crippen LogP contribution in [0.2, 0.25) is 0 Å². The number of amides is 1. The van der Waals surface area contributed by atoms with Crippen LogP contribution in [-0.2, 0) is 17.8 Å². The lowest BCUT2D eigenvalue weighted by Crippen LogP contribution is -2.67. The van der Waals surface area contributed by atoms with E-state index in [4.69, 9.17) is 9.47 Å². The van der Waals surface area contributed by atoms with Crippen LogP contribution in [0.15, 0.2) is 103 Å². The standard InChI is InChI=1S/C50H53F2NO6/c1-46-19-16-35(54)27-48(46)22-23-50(37(28-48)45(56)33-13-14-38(51)39(52)26-33)42(46)17-20-47(2)43(50)18-21-49(47,57)30-53(29-34-10-7-9-32-8-5-6-11-36(32)34)44(55)25-31-12-15-40(58-3)41(24-31)59-4/h5-15,22-24,26,28,35,42-43,54,57H,16-21,25,27,29-30H2,1-4H3. The third kappa shape index (κ3) is 5.85. The first kappa shape index (κ1) is 39.6. The van der Waals surface area contributed by atoms with Crippen LogP contribution in [0.1, 0.15) is 80.3 Å². The molecule has 3 fully saturated rings. The highest BCUT2D eigenvalue weighted by molar-refractivity contribution is 6.10. The predicted molar refractivity (Wildman–Crippen MR) is 222 cm³/mol. The summed E-state index contributed by atoms with van der Waals surface area (Å²) in [6.45, 7) is 4.82. The van der Waals surface area contributed by atoms with Gasteiger partial charge >= 0.3 is 0 Å². The van der Waals surface area contributed by atoms with Crippen molar-refractivity contribution < 1.29 is 38.1 Å². The molecule has 1 amide bonds. The Hall–Kier alpha value is -4.86. The van der Waals surface area contributed by atoms with E-state index >= 15 is 0 Å². The molecule has 59 heavy (non-hydrogen) atoms. The molecule has 2 N–H and O–H groups in total. The molecule has 308 valence electrons. The Labute approximate surface area is 344 Å². The van der Waals surface area contributed by atoms with Gasteiger partial charge in [0.15, 0.2) is 28.9 Å². The number of ether oxygens (including phenoxy) is 2. The van der Waals surface area contributed by atoms with Crippen LogP contribution in [0.25, 0.3) is 10.8 Å². The van der Waals surface area contributed by atoms with Crippen LogP contribution < -0.4 is 9.47 Å². The van der Waals surface area contributed by atoms with Gasteiger partial charge in [-0.1, -0.05) is 80.6 Å². The van der Waals surface area contributed by atoms with Gasteiger partial charge in [0.1, 0.15) is 0 Å². The number of aliphatic hydroxyl groups is 2. The smallest absolute Gasteiger partial charge is 0.227 e. The van der Waals surface area contributed by atoms with E-state index in [9.17, 15) is 28.6 Å². The second kappa shape index (κ2) is 14.1. The van der Waals surface area contributed by atoms with Gasteiger partial charge in [-0.05, 0) is 114 Å². The van der Waals surface area contributed by atoms with E-state index < -0.39 is 39.6 Å². The third-order valence-electron chi connectivity index (χ3n) is 16.0. The van der Waals surface area contributed by atoms with Crippen LogP contribution in [0.3, 0.4) is 0 Å². The highest BCUT2D eigenvalue weighted by Crippen LogP contribution is 2.78. The Morgan fingerprint density at radius 2 is 1.54 bits per heavy atom. The predicted octanol–water partition coefficient (Wildman–Crippen LogP) is 9.18. The molecule has 2 spiro atoms. The molecule has 0 aromatic heterocycles. The van der Waals surface area contributed by atoms with Gasteiger partial charge < -0.3 is 24.6 Å². The molecule has 4 aromatic rings. The zero-order chi connectivity index (χ0) is 41.5. The maximum Gasteiger partial charge on any atom is 0.227 e. The lowest BCUT2D eigenvalue weighted by atomic mass is 9.32. The monoisotopic (exact) mass is 801 g/mol. The van der Waals surface area contributed by atoms with E-state index in [-0.39, 0.29) is 54.0 Å². The summed E-state index contributed by atoms with van der Waals surface area (Å²) in [5.74, 6) is -1.67. The maximum absolute atomic E-state index is 14.9. The number of rotatable bonds is 10. The number of hydrogen-bond acceptors (Lipinski definition) is 6. The molecule has 10 rings (SSSR count). The van der Waals surface area contributed by atoms with Crippen LogP contribution in [0, 0.1) is 45.1 Å². The number of benzene rings is 4. The summed E-state index contributed by atoms with van der Waals surface area (Å²) in [5, 5.41) is 26.5. The summed E-state index contributed by atoms with van der Waals surface area (Å²) in [5.41, 5.74) is -1.33. The summed E-state index contributed by atoms with van der Waals surface area (Å²) >= 11 is 0. The van der Waals surface area contributed by atoms with Gasteiger partial charge in [0.2, 0.25) is 5.91 Å². The Kier molecular flexibility index (Phi) is 9.48. The van der Waals surface area contributed by atoms with Crippen molar-refractivity contribution in [3.05, 3.63) is 131 Å². The van der Waals surface area contributed by atoms with Crippen LogP contribution in [0.5, 0.6) is 11.5 Å². The van der Waals surface area contributed by atoms with Crippen molar-refractivity contribution in [1.29, 1.82) is 0 Å². The maximum atomic E-state index is 14.9. The van der Waals surface area contributed by atoms with Gasteiger partial charge in [0.05, 0.1) is 38.9 Å². The van der Waals surface area contributed by atoms with E-state index in [0.29, 0.717) is 49.2 Å². The fourth-order valence-electron chi connectivity index (χ4n) is 12.9. The van der Waals surface area contributed by atoms with Gasteiger partial charge in [-0.15, -0.1) is 0 Å². The Balaban J connectivity index is 1.12. The van der Waals surface area contributed by atoms with Crippen molar-refractivity contribution in [2.75, 3.05) is 20.8 Å². The zero-order valence-electron chi connectivity index (χ0n) is 34.3. The molecule has 0 saturated heterocycles. The Morgan fingerprint density at radius 3 is 2.32 bits per heavy atom. The number of Topliss-reactive ketones (excluding diaryl/α,β-unsaturated/α-hetero) is 1. The summed E-state index contributed by atoms with van der Waals surface area (Å²) in [7, 11) is 3.14. The quantitative estimate of drug-likeness (QED) is 0.123. The van der Waals surface area contributed by atoms with Gasteiger partial charge in [0.25, 0.3) is 0 Å². The molecule has 0 radical (unpaired) electrons. The SMILES string of the molecule is COc1ccc(CC(=O)N(Cc2cccc3ccccc23)CC2(O)CCC3C45C=CC6(C=C4C(=O)c4ccc(F)c(F)c4)CC(O)CCC6(C)C5CCC32C)cc1OC. The number of ketones is 1. The van der Waals surface area contributed by atoms with Crippen LogP contribution in [0.4, 0.5) is 8.78 Å². The highest BCUT2D eigenvalue weighted by atomic mass is 19.2. The fourth-order valence-corrected chi connectivity index (χ4v) is 12.9. The van der Waals surface area contributed by atoms with E-state index in [1.54, 1.807) is 20.3 Å². The summed E-state index contributed by atoms with van der Waals surface area (Å²) in [4.78, 5) is 31.4. The molecule has 0 heterocycles. The molecule has 9 heteroatoms. The molecule has 6 aliphatic rings. The van der Waals surface area contributed by atoms with Gasteiger partial charge in [-0.3, -0.25) is 9.59 Å². The zero-order valence-corrected chi connectivity index (χ0v) is 34.3. The van der Waals surface area contributed by atoms with Gasteiger partial charge in [-0.2, -0.15) is 0 Å². The average molecular weight is 802 g/mol. The minimum Gasteiger partial charge on any atom is -0.493 e. The van der Waals surface area contributed by atoms with Crippen molar-refractivity contribution in [3.8, 4) is 11.5 Å². The van der Waals surface area contributed by atoms with Crippen LogP contribution >= 0.6 is 0 Å². The number of carbonyl (C=O) groups is 2. The Bertz CT molecular complexity index is 2420. The van der Waals surface area contributed by atoms with Crippen LogP contribution in [-0.4, -0.2) is 59.3 Å². The van der Waals surface area contributed by atoms with Crippen molar-refractivity contribution in [3.63, 3.8) is 0 Å². The minimum absolute atomic E-state index is 0.0145. The van der Waals surface area contributed by atoms with E-state index in [1.807, 2.05) is 41.3 Å². The number of hydrogen-bond donors (Lipinski definition) is 2. The number of aliphatic hydroxyl groups excluding tert-OH is 1. The molecule has 7 nitrogen and oxygen atoms in total. The van der Waals surface area contributed by atoms with Gasteiger partial charge in [0, 0.05) is 33.9 Å². The molecule has 8 atom stereocenters. The first-order valence-corrected chi connectivity index (χ1v) is 21.0. The van der Waals surface area contributed by atoms with E-state index in [1.165, 1.54) is 6.07 Å². The largest absolute Gasteiger partial charge is 0.493 e. The highest BCUT2D eigenvalue weighted by Gasteiger charge is 2.74. The number of nitrogens with zero attached hydrogens (tertiary/aromatic N) is 1. The minimum atomic E-state index is -1.32. The summed E-state index contributed by atoms with van der Waals surface area (Å²) in [6, 6.07) is 23.0. The normalized spacial score (nSPS) is 32.8. The van der Waals surface area contributed by atoms with E-state index in [0.717, 1.165) is 46.9 Å². The lowest BCUT2D eigenvalue weighted by Gasteiger charge is -2.71. The van der Waals surface area contributed by atoms with Crippen molar-refractivity contribution >= 4 is 22.5 Å². The number of allylic oxidation sites excluding steroid dienone is 4. The molecule has 3 saturated carbocycles. The topological polar surface area (TPSA) is 96.3 Å². The first-order valence-electron chi connectivity index (χ1n) is 21.0. The molecule has 4 aromatic carbocycles. The fraction of sp³-hybridized carbons (Fsp3) is 0.440. The van der Waals surface area contributed by atoms with Gasteiger partial charge in [-0.25, -0.2) is 8.78 Å². The summed E-state index contributed by atoms with van der Waals surface area (Å²) in [6.07, 6.45) is 10.4. The first-order chi connectivity index (χ1) is 28.2. The molecular formula is C50H53F2NO6. The Morgan fingerprint density at radius 1 is 0.814 bits per heavy atom. The molecule has 6 aliphatic carbocycles. The third-order valence-corrected chi connectivity index (χ3v) is 16.0. The molecular weight excluding hydrogens is 749 g/mol. The molecule has 2 bridgehead atoms. The number of halogens is 2. The van der Waals surface area contributed by atoms with E-state index in [2.05, 4.69) is 50.3 Å². The summed E-state index contributed by atoms with van der Waals surface area (Å²) < 4.78 is 40.0. The number of carbonyl (C=O) groups excluding carboxylic acids is 2. The average Bonchev–Trinajstić information content (AvgIpc) is 3.50. The molecule has 8 unspecified atom stereocenters. The number of fused-ring (bicyclic) bond motifs is 2. The number of methoxy groups -OCH3 is 2. The van der Waals surface area contributed by atoms with Crippen molar-refractivity contribution in [2.45, 2.75) is 83.5 Å². The second-order valence-corrected chi connectivity index (χ2v) is 18.5.